The van der Waals surface area contributed by atoms with Crippen molar-refractivity contribution in [3.8, 4) is 0 Å². The van der Waals surface area contributed by atoms with Crippen LogP contribution in [-0.4, -0.2) is 38.2 Å². The molecule has 1 aromatic carbocycles. The van der Waals surface area contributed by atoms with Crippen molar-refractivity contribution in [2.75, 3.05) is 28.5 Å². The van der Waals surface area contributed by atoms with Crippen molar-refractivity contribution < 1.29 is 13.2 Å². The number of anilines is 2. The number of nitrogens with one attached hydrogen (secondary N) is 2. The van der Waals surface area contributed by atoms with Crippen LogP contribution in [0.4, 0.5) is 11.5 Å². The molecule has 2 heterocycles. The number of hydrogen-bond donors (Lipinski definition) is 2. The average molecular weight is 431 g/mol. The summed E-state index contributed by atoms with van der Waals surface area (Å²) >= 11 is 0. The molecule has 8 heteroatoms. The van der Waals surface area contributed by atoms with Crippen LogP contribution in [0.2, 0.25) is 0 Å². The monoisotopic (exact) mass is 430 g/mol. The van der Waals surface area contributed by atoms with Crippen LogP contribution in [-0.2, 0) is 16.6 Å². The van der Waals surface area contributed by atoms with E-state index in [9.17, 15) is 13.2 Å². The van der Waals surface area contributed by atoms with Gasteiger partial charge in [0.2, 0.25) is 10.0 Å². The topological polar surface area (TPSA) is 91.4 Å². The molecule has 3 rings (SSSR count). The summed E-state index contributed by atoms with van der Waals surface area (Å²) in [5.74, 6) is 0.770. The molecule has 162 valence electrons. The van der Waals surface area contributed by atoms with Gasteiger partial charge in [-0.05, 0) is 49.1 Å². The van der Waals surface area contributed by atoms with Crippen LogP contribution < -0.4 is 14.9 Å². The highest BCUT2D eigenvalue weighted by Gasteiger charge is 2.13. The number of amides is 1. The molecule has 0 saturated carbocycles. The summed E-state index contributed by atoms with van der Waals surface area (Å²) in [7, 11) is -3.39. The quantitative estimate of drug-likeness (QED) is 0.668. The fraction of sp³-hybridized carbons (Fsp3) is 0.455. The summed E-state index contributed by atoms with van der Waals surface area (Å²) in [6.45, 7) is 4.25. The standard InChI is InChI=1S/C22H30N4O3S/c1-2-14-30(28,29)25-20-9-7-8-19(15-20)22(27)24-17-18-10-11-21(23-16-18)26-12-5-3-4-6-13-26/h7-11,15-16,25H,2-6,12-14,17H2,1H3,(H,24,27). The molecule has 30 heavy (non-hydrogen) atoms. The normalized spacial score (nSPS) is 14.8. The lowest BCUT2D eigenvalue weighted by molar-refractivity contribution is 0.0951. The lowest BCUT2D eigenvalue weighted by Crippen LogP contribution is -2.25. The number of rotatable bonds is 8. The smallest absolute Gasteiger partial charge is 0.251 e. The van der Waals surface area contributed by atoms with Crippen molar-refractivity contribution in [1.82, 2.24) is 10.3 Å². The van der Waals surface area contributed by atoms with Crippen LogP contribution in [0.5, 0.6) is 0 Å². The van der Waals surface area contributed by atoms with E-state index in [-0.39, 0.29) is 11.7 Å². The molecule has 1 aliphatic rings. The highest BCUT2D eigenvalue weighted by molar-refractivity contribution is 7.92. The van der Waals surface area contributed by atoms with Gasteiger partial charge in [-0.2, -0.15) is 0 Å². The Labute approximate surface area is 178 Å². The molecular weight excluding hydrogens is 400 g/mol. The van der Waals surface area contributed by atoms with Crippen LogP contribution in [0.3, 0.4) is 0 Å². The van der Waals surface area contributed by atoms with E-state index in [2.05, 4.69) is 19.9 Å². The van der Waals surface area contributed by atoms with Gasteiger partial charge in [-0.1, -0.05) is 31.9 Å². The van der Waals surface area contributed by atoms with E-state index < -0.39 is 10.0 Å². The average Bonchev–Trinajstić information content (AvgIpc) is 3.02. The first-order chi connectivity index (χ1) is 14.5. The number of carbonyl (C=O) groups is 1. The van der Waals surface area contributed by atoms with Crippen molar-refractivity contribution in [2.45, 2.75) is 45.6 Å². The van der Waals surface area contributed by atoms with Crippen molar-refractivity contribution in [1.29, 1.82) is 0 Å². The molecule has 2 N–H and O–H groups in total. The molecule has 0 unspecified atom stereocenters. The van der Waals surface area contributed by atoms with Gasteiger partial charge >= 0.3 is 0 Å². The first-order valence-corrected chi connectivity index (χ1v) is 12.2. The number of pyridine rings is 1. The third-order valence-corrected chi connectivity index (χ3v) is 6.56. The Morgan fingerprint density at radius 3 is 2.53 bits per heavy atom. The lowest BCUT2D eigenvalue weighted by atomic mass is 10.2. The Balaban J connectivity index is 1.57. The number of nitrogens with zero attached hydrogens (tertiary/aromatic N) is 2. The minimum Gasteiger partial charge on any atom is -0.357 e. The van der Waals surface area contributed by atoms with Crippen LogP contribution in [0.1, 0.15) is 54.9 Å². The molecule has 1 fully saturated rings. The number of sulfonamides is 1. The summed E-state index contributed by atoms with van der Waals surface area (Å²) in [6.07, 6.45) is 7.29. The van der Waals surface area contributed by atoms with Crippen LogP contribution in [0.15, 0.2) is 42.6 Å². The van der Waals surface area contributed by atoms with Gasteiger partial charge in [0.1, 0.15) is 5.82 Å². The van der Waals surface area contributed by atoms with Gasteiger partial charge in [0.05, 0.1) is 5.75 Å². The summed E-state index contributed by atoms with van der Waals surface area (Å²) in [4.78, 5) is 19.4. The second-order valence-electron chi connectivity index (χ2n) is 7.61. The molecule has 0 atom stereocenters. The summed E-state index contributed by atoms with van der Waals surface area (Å²) in [5, 5.41) is 2.87. The highest BCUT2D eigenvalue weighted by Crippen LogP contribution is 2.18. The Kier molecular flexibility index (Phi) is 7.68. The molecule has 1 aromatic heterocycles. The van der Waals surface area contributed by atoms with Crippen LogP contribution in [0.25, 0.3) is 0 Å². The first-order valence-electron chi connectivity index (χ1n) is 10.6. The first kappa shape index (κ1) is 22.1. The van der Waals surface area contributed by atoms with E-state index in [0.29, 0.717) is 24.2 Å². The maximum atomic E-state index is 12.5. The van der Waals surface area contributed by atoms with E-state index in [1.165, 1.54) is 25.7 Å². The molecule has 0 bridgehead atoms. The molecule has 0 spiro atoms. The Hall–Kier alpha value is -2.61. The fourth-order valence-corrected chi connectivity index (χ4v) is 4.64. The van der Waals surface area contributed by atoms with Gasteiger partial charge in [-0.3, -0.25) is 9.52 Å². The van der Waals surface area contributed by atoms with Gasteiger partial charge in [0.25, 0.3) is 5.91 Å². The number of benzene rings is 1. The van der Waals surface area contributed by atoms with Gasteiger partial charge < -0.3 is 10.2 Å². The van der Waals surface area contributed by atoms with Crippen molar-refractivity contribution >= 4 is 27.4 Å². The van der Waals surface area contributed by atoms with E-state index in [0.717, 1.165) is 24.5 Å². The summed E-state index contributed by atoms with van der Waals surface area (Å²) in [5.41, 5.74) is 1.71. The minimum absolute atomic E-state index is 0.0455. The van der Waals surface area contributed by atoms with Crippen LogP contribution in [0, 0.1) is 0 Å². The zero-order valence-corrected chi connectivity index (χ0v) is 18.2. The van der Waals surface area contributed by atoms with Gasteiger partial charge in [0, 0.05) is 37.1 Å². The van der Waals surface area contributed by atoms with Crippen molar-refractivity contribution in [3.63, 3.8) is 0 Å². The predicted octanol–water partition coefficient (Wildman–Crippen LogP) is 3.54. The number of aromatic nitrogens is 1. The number of carbonyl (C=O) groups excluding carboxylic acids is 1. The molecule has 7 nitrogen and oxygen atoms in total. The Morgan fingerprint density at radius 2 is 1.87 bits per heavy atom. The zero-order valence-electron chi connectivity index (χ0n) is 17.4. The molecule has 1 amide bonds. The van der Waals surface area contributed by atoms with Crippen LogP contribution >= 0.6 is 0 Å². The summed E-state index contributed by atoms with van der Waals surface area (Å²) < 4.78 is 26.4. The molecule has 1 saturated heterocycles. The zero-order chi connectivity index (χ0) is 21.4. The Morgan fingerprint density at radius 1 is 1.10 bits per heavy atom. The molecule has 0 radical (unpaired) electrons. The Bertz CT molecular complexity index is 937. The van der Waals surface area contributed by atoms with Gasteiger partial charge in [-0.15, -0.1) is 0 Å². The van der Waals surface area contributed by atoms with E-state index >= 15 is 0 Å². The number of hydrogen-bond acceptors (Lipinski definition) is 5. The lowest BCUT2D eigenvalue weighted by Gasteiger charge is -2.21. The minimum atomic E-state index is -3.39. The molecule has 2 aromatic rings. The van der Waals surface area contributed by atoms with E-state index in [1.807, 2.05) is 12.1 Å². The van der Waals surface area contributed by atoms with E-state index in [4.69, 9.17) is 0 Å². The maximum absolute atomic E-state index is 12.5. The largest absolute Gasteiger partial charge is 0.357 e. The molecule has 0 aliphatic carbocycles. The third-order valence-electron chi connectivity index (χ3n) is 5.06. The van der Waals surface area contributed by atoms with Gasteiger partial charge in [0.15, 0.2) is 0 Å². The fourth-order valence-electron chi connectivity index (χ4n) is 3.52. The van der Waals surface area contributed by atoms with Gasteiger partial charge in [-0.25, -0.2) is 13.4 Å². The third kappa shape index (κ3) is 6.45. The predicted molar refractivity (Wildman–Crippen MR) is 120 cm³/mol. The maximum Gasteiger partial charge on any atom is 0.251 e. The second kappa shape index (κ2) is 10.4. The van der Waals surface area contributed by atoms with Crippen molar-refractivity contribution in [3.05, 3.63) is 53.7 Å². The molecular formula is C22H30N4O3S. The van der Waals surface area contributed by atoms with E-state index in [1.54, 1.807) is 37.4 Å². The molecule has 1 aliphatic heterocycles. The van der Waals surface area contributed by atoms with Crippen molar-refractivity contribution in [2.24, 2.45) is 0 Å². The SMILES string of the molecule is CCCS(=O)(=O)Nc1cccc(C(=O)NCc2ccc(N3CCCCCC3)nc2)c1. The highest BCUT2D eigenvalue weighted by atomic mass is 32.2. The summed E-state index contributed by atoms with van der Waals surface area (Å²) in [6, 6.07) is 10.5. The second-order valence-corrected chi connectivity index (χ2v) is 9.45.